The number of anilines is 1. The maximum Gasteiger partial charge on any atom is 0.415 e. The minimum atomic E-state index is -3.08. The van der Waals surface area contributed by atoms with Crippen LogP contribution in [0.25, 0.3) is 5.76 Å². The van der Waals surface area contributed by atoms with Crippen molar-refractivity contribution in [3.05, 3.63) is 142 Å². The standard InChI is InChI=1S/C55H66FN5O9Si/c1-53(2,3)71(10,11)70-55-39(43(60(8)9)45-42(48(55)64)51(58-69-45)67-30-35-23-17-13-18-24-35)28-37-27-38-41(44(62)40(37)47(55)63)46(66-29-34-21-15-12-16-22-34)50(57-49(38)56)61(33-54(4,5)32-59(6)7)52(65)68-31-36-25-19-14-20-26-36/h12-26,37,39,43,62H,27-33H2,1-11H3/t37-,39-,43-,55-/m0/s1. The number of rotatable bonds is 16. The molecule has 16 heteroatoms. The molecular formula is C55H66FN5O9Si. The van der Waals surface area contributed by atoms with Gasteiger partial charge >= 0.3 is 6.09 Å². The number of benzene rings is 3. The Hall–Kier alpha value is -6.20. The topological polar surface area (TPSA) is 157 Å². The number of halogens is 1. The summed E-state index contributed by atoms with van der Waals surface area (Å²) in [6.45, 7) is 14.4. The number of carbonyl (C=O) groups excluding carboxylic acids is 3. The molecule has 3 aliphatic carbocycles. The van der Waals surface area contributed by atoms with Gasteiger partial charge in [0.2, 0.25) is 17.5 Å². The highest BCUT2D eigenvalue weighted by atomic mass is 28.4. The average Bonchev–Trinajstić information content (AvgIpc) is 3.73. The van der Waals surface area contributed by atoms with Gasteiger partial charge in [-0.2, -0.15) is 9.37 Å². The largest absolute Gasteiger partial charge is 0.507 e. The number of hydrogen-bond acceptors (Lipinski definition) is 13. The minimum absolute atomic E-state index is 0.000627. The Morgan fingerprint density at radius 1 is 0.817 bits per heavy atom. The van der Waals surface area contributed by atoms with Crippen molar-refractivity contribution in [1.29, 1.82) is 0 Å². The number of pyridine rings is 1. The van der Waals surface area contributed by atoms with Gasteiger partial charge in [-0.1, -0.05) is 126 Å². The fraction of sp³-hybridized carbons (Fsp3) is 0.436. The number of nitrogens with zero attached hydrogens (tertiary/aromatic N) is 5. The summed E-state index contributed by atoms with van der Waals surface area (Å²) in [5.74, 6) is -4.87. The van der Waals surface area contributed by atoms with E-state index >= 15 is 14.0 Å². The van der Waals surface area contributed by atoms with Gasteiger partial charge in [0.05, 0.1) is 11.6 Å². The molecule has 2 aromatic heterocycles. The molecule has 3 aromatic carbocycles. The van der Waals surface area contributed by atoms with Crippen molar-refractivity contribution in [3.8, 4) is 11.6 Å². The first kappa shape index (κ1) is 51.2. The zero-order valence-corrected chi connectivity index (χ0v) is 43.7. The van der Waals surface area contributed by atoms with E-state index in [9.17, 15) is 9.90 Å². The molecule has 4 atom stereocenters. The molecule has 0 radical (unpaired) electrons. The van der Waals surface area contributed by atoms with Crippen molar-refractivity contribution in [2.75, 3.05) is 46.2 Å². The Morgan fingerprint density at radius 2 is 1.38 bits per heavy atom. The molecule has 376 valence electrons. The average molecular weight is 988 g/mol. The maximum absolute atomic E-state index is 17.4. The van der Waals surface area contributed by atoms with Crippen LogP contribution in [0.1, 0.15) is 91.0 Å². The van der Waals surface area contributed by atoms with E-state index in [1.807, 2.05) is 177 Å². The predicted molar refractivity (Wildman–Crippen MR) is 270 cm³/mol. The monoisotopic (exact) mass is 987 g/mol. The lowest BCUT2D eigenvalue weighted by Gasteiger charge is -2.55. The zero-order chi connectivity index (χ0) is 51.2. The first-order valence-corrected chi connectivity index (χ1v) is 27.0. The van der Waals surface area contributed by atoms with Crippen LogP contribution in [0.5, 0.6) is 11.6 Å². The third-order valence-corrected chi connectivity index (χ3v) is 18.8. The van der Waals surface area contributed by atoms with Crippen LogP contribution in [0.15, 0.2) is 101 Å². The van der Waals surface area contributed by atoms with E-state index in [4.69, 9.17) is 23.2 Å². The summed E-state index contributed by atoms with van der Waals surface area (Å²) in [6, 6.07) is 27.1. The highest BCUT2D eigenvalue weighted by molar-refractivity contribution is 6.74. The molecule has 71 heavy (non-hydrogen) atoms. The molecule has 0 spiro atoms. The van der Waals surface area contributed by atoms with E-state index in [1.165, 1.54) is 4.90 Å². The molecule has 8 rings (SSSR count). The van der Waals surface area contributed by atoms with Crippen molar-refractivity contribution >= 4 is 37.6 Å². The number of ether oxygens (including phenoxy) is 3. The number of hydrogen-bond donors (Lipinski definition) is 1. The second kappa shape index (κ2) is 19.8. The van der Waals surface area contributed by atoms with Crippen LogP contribution < -0.4 is 14.4 Å². The summed E-state index contributed by atoms with van der Waals surface area (Å²) in [5.41, 5.74) is -0.783. The Labute approximate surface area is 416 Å². The van der Waals surface area contributed by atoms with Crippen LogP contribution in [0.2, 0.25) is 18.1 Å². The lowest BCUT2D eigenvalue weighted by atomic mass is 9.57. The Morgan fingerprint density at radius 3 is 1.93 bits per heavy atom. The number of aromatic nitrogens is 2. The van der Waals surface area contributed by atoms with Crippen molar-refractivity contribution in [2.24, 2.45) is 17.3 Å². The molecule has 14 nitrogen and oxygen atoms in total. The van der Waals surface area contributed by atoms with Gasteiger partial charge in [-0.15, -0.1) is 0 Å². The van der Waals surface area contributed by atoms with Gasteiger partial charge in [0.1, 0.15) is 31.1 Å². The van der Waals surface area contributed by atoms with Crippen LogP contribution in [-0.4, -0.2) is 97.9 Å². The smallest absolute Gasteiger partial charge is 0.415 e. The van der Waals surface area contributed by atoms with Crippen LogP contribution in [0.4, 0.5) is 15.0 Å². The molecule has 0 unspecified atom stereocenters. The second-order valence-corrected chi connectivity index (χ2v) is 26.6. The maximum atomic E-state index is 17.4. The Bertz CT molecular complexity index is 2810. The van der Waals surface area contributed by atoms with Gasteiger partial charge in [-0.3, -0.25) is 19.4 Å². The fourth-order valence-electron chi connectivity index (χ4n) is 10.3. The number of Topliss-reactive ketones (excluding diaryl/α,β-unsaturated/α-hetero) is 2. The summed E-state index contributed by atoms with van der Waals surface area (Å²) in [4.78, 5) is 56.3. The van der Waals surface area contributed by atoms with E-state index in [0.717, 1.165) is 16.7 Å². The van der Waals surface area contributed by atoms with Crippen LogP contribution in [-0.2, 0) is 40.2 Å². The van der Waals surface area contributed by atoms with E-state index in [-0.39, 0.29) is 84.7 Å². The first-order chi connectivity index (χ1) is 33.5. The number of carbonyl (C=O) groups is 3. The number of ketones is 2. The van der Waals surface area contributed by atoms with Crippen LogP contribution in [0.3, 0.4) is 0 Å². The van der Waals surface area contributed by atoms with Gasteiger partial charge in [0.15, 0.2) is 31.2 Å². The highest BCUT2D eigenvalue weighted by Gasteiger charge is 2.69. The fourth-order valence-corrected chi connectivity index (χ4v) is 11.7. The Balaban J connectivity index is 1.33. The van der Waals surface area contributed by atoms with Gasteiger partial charge < -0.3 is 33.2 Å². The first-order valence-electron chi connectivity index (χ1n) is 24.1. The van der Waals surface area contributed by atoms with Crippen molar-refractivity contribution in [2.45, 2.75) is 97.1 Å². The SMILES string of the molecule is CN(C)CC(C)(C)CN(C(=O)OCc1ccccc1)c1nc(F)c2c(c1OCc1ccccc1)C(O)=C1C(=O)[C@]3(O[Si](C)(C)C(C)(C)C)C(=O)c4c(OCc5ccccc5)noc4[C@@H](N(C)C)[C@@H]3C[C@@H]1C2. The van der Waals surface area contributed by atoms with Crippen LogP contribution in [0, 0.1) is 23.2 Å². The summed E-state index contributed by atoms with van der Waals surface area (Å²) in [7, 11) is 4.41. The zero-order valence-electron chi connectivity index (χ0n) is 42.7. The lowest BCUT2D eigenvalue weighted by Crippen LogP contribution is -2.68. The molecule has 0 aliphatic heterocycles. The van der Waals surface area contributed by atoms with Crippen molar-refractivity contribution < 1.29 is 47.0 Å². The van der Waals surface area contributed by atoms with Crippen molar-refractivity contribution in [3.63, 3.8) is 0 Å². The summed E-state index contributed by atoms with van der Waals surface area (Å²) in [5, 5.41) is 16.8. The van der Waals surface area contributed by atoms with E-state index in [0.29, 0.717) is 6.54 Å². The van der Waals surface area contributed by atoms with E-state index in [1.54, 1.807) is 0 Å². The molecule has 0 bridgehead atoms. The molecule has 1 amide bonds. The number of aliphatic hydroxyl groups excluding tert-OH is 1. The molecular weight excluding hydrogens is 922 g/mol. The van der Waals surface area contributed by atoms with Gasteiger partial charge in [0.25, 0.3) is 5.88 Å². The molecule has 3 aliphatic rings. The lowest BCUT2D eigenvalue weighted by molar-refractivity contribution is -0.140. The van der Waals surface area contributed by atoms with Crippen molar-refractivity contribution in [1.82, 2.24) is 19.9 Å². The van der Waals surface area contributed by atoms with Crippen LogP contribution >= 0.6 is 0 Å². The quantitative estimate of drug-likeness (QED) is 0.0566. The number of aliphatic hydroxyl groups is 1. The third-order valence-electron chi connectivity index (χ3n) is 14.3. The summed E-state index contributed by atoms with van der Waals surface area (Å²) >= 11 is 0. The van der Waals surface area contributed by atoms with Gasteiger partial charge in [-0.25, -0.2) is 4.79 Å². The number of fused-ring (bicyclic) bond motifs is 4. The third kappa shape index (κ3) is 9.91. The minimum Gasteiger partial charge on any atom is -0.507 e. The predicted octanol–water partition coefficient (Wildman–Crippen LogP) is 10.4. The molecule has 1 saturated carbocycles. The molecule has 1 N–H and O–H groups in total. The highest BCUT2D eigenvalue weighted by Crippen LogP contribution is 2.59. The molecule has 1 fully saturated rings. The molecule has 0 saturated heterocycles. The van der Waals surface area contributed by atoms with E-state index < -0.39 is 71.6 Å². The summed E-state index contributed by atoms with van der Waals surface area (Å²) in [6.07, 6.45) is -0.818. The molecule has 2 heterocycles. The molecule has 5 aromatic rings. The normalized spacial score (nSPS) is 20.1. The van der Waals surface area contributed by atoms with Gasteiger partial charge in [-0.05, 0) is 92.3 Å². The second-order valence-electron chi connectivity index (χ2n) is 21.9. The van der Waals surface area contributed by atoms with Gasteiger partial charge in [0, 0.05) is 30.1 Å². The Kier molecular flexibility index (Phi) is 14.2. The number of amides is 1. The van der Waals surface area contributed by atoms with E-state index in [2.05, 4.69) is 10.1 Å². The summed E-state index contributed by atoms with van der Waals surface area (Å²) < 4.78 is 49.5.